The Balaban J connectivity index is 1.90. The van der Waals surface area contributed by atoms with Gasteiger partial charge in [-0.3, -0.25) is 4.79 Å². The first-order chi connectivity index (χ1) is 12.2. The lowest BCUT2D eigenvalue weighted by molar-refractivity contribution is -0.133. The van der Waals surface area contributed by atoms with Crippen molar-refractivity contribution in [1.29, 1.82) is 0 Å². The highest BCUT2D eigenvalue weighted by atomic mass is 19.1. The number of carbonyl (C=O) groups excluding carboxylic acids is 2. The molecule has 138 valence electrons. The molecule has 4 nitrogen and oxygen atoms in total. The summed E-state index contributed by atoms with van der Waals surface area (Å²) >= 11 is 0. The number of benzene rings is 2. The Hall–Kier alpha value is -2.69. The normalized spacial score (nSPS) is 11.1. The van der Waals surface area contributed by atoms with Gasteiger partial charge in [0.25, 0.3) is 5.91 Å². The van der Waals surface area contributed by atoms with Gasteiger partial charge in [0.1, 0.15) is 5.82 Å². The molecule has 0 aliphatic heterocycles. The highest BCUT2D eigenvalue weighted by Gasteiger charge is 2.17. The fraction of sp³-hybridized carbons (Fsp3) is 0.333. The molecule has 0 aliphatic carbocycles. The largest absolute Gasteiger partial charge is 0.452 e. The van der Waals surface area contributed by atoms with Crippen molar-refractivity contribution in [2.24, 2.45) is 0 Å². The average molecular weight is 357 g/mol. The van der Waals surface area contributed by atoms with E-state index >= 15 is 0 Å². The molecule has 0 heterocycles. The number of hydrogen-bond donors (Lipinski definition) is 0. The Morgan fingerprint density at radius 3 is 2.23 bits per heavy atom. The van der Waals surface area contributed by atoms with E-state index in [4.69, 9.17) is 4.74 Å². The summed E-state index contributed by atoms with van der Waals surface area (Å²) in [5, 5.41) is 0. The first-order valence-corrected chi connectivity index (χ1v) is 8.43. The van der Waals surface area contributed by atoms with Crippen LogP contribution >= 0.6 is 0 Å². The van der Waals surface area contributed by atoms with E-state index in [1.807, 2.05) is 12.1 Å². The summed E-state index contributed by atoms with van der Waals surface area (Å²) in [5.74, 6) is -1.32. The Kier molecular flexibility index (Phi) is 6.14. The average Bonchev–Trinajstić information content (AvgIpc) is 2.60. The zero-order chi connectivity index (χ0) is 19.3. The SMILES string of the molecule is CN(Cc1ccccc1F)C(=O)COC(=O)c1ccc(C(C)(C)C)cc1. The third kappa shape index (κ3) is 5.15. The molecule has 26 heavy (non-hydrogen) atoms. The summed E-state index contributed by atoms with van der Waals surface area (Å²) in [7, 11) is 1.54. The molecule has 0 aliphatic rings. The summed E-state index contributed by atoms with van der Waals surface area (Å²) < 4.78 is 18.7. The van der Waals surface area contributed by atoms with E-state index in [-0.39, 0.29) is 24.4 Å². The second-order valence-electron chi connectivity index (χ2n) is 7.24. The lowest BCUT2D eigenvalue weighted by atomic mass is 9.87. The van der Waals surface area contributed by atoms with Crippen molar-refractivity contribution in [1.82, 2.24) is 4.90 Å². The molecule has 0 bridgehead atoms. The number of hydrogen-bond acceptors (Lipinski definition) is 3. The van der Waals surface area contributed by atoms with Crippen LogP contribution in [0.4, 0.5) is 4.39 Å². The number of nitrogens with zero attached hydrogens (tertiary/aromatic N) is 1. The standard InChI is InChI=1S/C21H24FNO3/c1-21(2,3)17-11-9-15(10-12-17)20(25)26-14-19(24)23(4)13-16-7-5-6-8-18(16)22/h5-12H,13-14H2,1-4H3. The summed E-state index contributed by atoms with van der Waals surface area (Å²) in [6.07, 6.45) is 0. The molecule has 2 rings (SSSR count). The van der Waals surface area contributed by atoms with Crippen LogP contribution in [0.3, 0.4) is 0 Å². The maximum absolute atomic E-state index is 13.6. The topological polar surface area (TPSA) is 46.6 Å². The van der Waals surface area contributed by atoms with Crippen LogP contribution in [-0.4, -0.2) is 30.4 Å². The van der Waals surface area contributed by atoms with E-state index in [1.165, 1.54) is 11.0 Å². The molecule has 0 fully saturated rings. The molecule has 0 unspecified atom stereocenters. The highest BCUT2D eigenvalue weighted by molar-refractivity contribution is 5.91. The second kappa shape index (κ2) is 8.13. The molecule has 2 aromatic carbocycles. The molecule has 5 heteroatoms. The highest BCUT2D eigenvalue weighted by Crippen LogP contribution is 2.22. The molecule has 0 spiro atoms. The fourth-order valence-electron chi connectivity index (χ4n) is 2.40. The van der Waals surface area contributed by atoms with Gasteiger partial charge in [-0.25, -0.2) is 9.18 Å². The van der Waals surface area contributed by atoms with Gasteiger partial charge in [-0.15, -0.1) is 0 Å². The minimum absolute atomic E-state index is 0.00613. The molecule has 0 atom stereocenters. The van der Waals surface area contributed by atoms with E-state index in [0.29, 0.717) is 11.1 Å². The van der Waals surface area contributed by atoms with Gasteiger partial charge in [-0.1, -0.05) is 51.1 Å². The predicted molar refractivity (Wildman–Crippen MR) is 98.3 cm³/mol. The van der Waals surface area contributed by atoms with E-state index in [9.17, 15) is 14.0 Å². The van der Waals surface area contributed by atoms with Gasteiger partial charge in [0.05, 0.1) is 5.56 Å². The van der Waals surface area contributed by atoms with Gasteiger partial charge in [-0.05, 0) is 29.2 Å². The number of carbonyl (C=O) groups is 2. The van der Waals surface area contributed by atoms with E-state index < -0.39 is 11.9 Å². The molecule has 2 aromatic rings. The monoisotopic (exact) mass is 357 g/mol. The van der Waals surface area contributed by atoms with Crippen molar-refractivity contribution >= 4 is 11.9 Å². The van der Waals surface area contributed by atoms with Crippen LogP contribution < -0.4 is 0 Å². The van der Waals surface area contributed by atoms with E-state index in [1.54, 1.807) is 37.4 Å². The molecule has 0 saturated heterocycles. The maximum atomic E-state index is 13.6. The summed E-state index contributed by atoms with van der Waals surface area (Å²) in [4.78, 5) is 25.5. The molecule has 0 radical (unpaired) electrons. The zero-order valence-corrected chi connectivity index (χ0v) is 15.6. The molecule has 0 saturated carbocycles. The summed E-state index contributed by atoms with van der Waals surface area (Å²) in [5.41, 5.74) is 1.90. The number of esters is 1. The van der Waals surface area contributed by atoms with Crippen LogP contribution in [0.25, 0.3) is 0 Å². The second-order valence-corrected chi connectivity index (χ2v) is 7.24. The molecular formula is C21H24FNO3. The van der Waals surface area contributed by atoms with Crippen LogP contribution in [0, 0.1) is 5.82 Å². The maximum Gasteiger partial charge on any atom is 0.338 e. The lowest BCUT2D eigenvalue weighted by Crippen LogP contribution is -2.31. The van der Waals surface area contributed by atoms with Gasteiger partial charge in [-0.2, -0.15) is 0 Å². The van der Waals surface area contributed by atoms with Crippen LogP contribution in [0.2, 0.25) is 0 Å². The van der Waals surface area contributed by atoms with Crippen molar-refractivity contribution in [2.45, 2.75) is 32.7 Å². The third-order valence-corrected chi connectivity index (χ3v) is 4.10. The van der Waals surface area contributed by atoms with Crippen molar-refractivity contribution in [2.75, 3.05) is 13.7 Å². The lowest BCUT2D eigenvalue weighted by Gasteiger charge is -2.19. The van der Waals surface area contributed by atoms with Gasteiger partial charge in [0.2, 0.25) is 0 Å². The predicted octanol–water partition coefficient (Wildman–Crippen LogP) is 3.94. The Morgan fingerprint density at radius 1 is 1.04 bits per heavy atom. The van der Waals surface area contributed by atoms with Gasteiger partial charge >= 0.3 is 5.97 Å². The van der Waals surface area contributed by atoms with Crippen LogP contribution in [0.15, 0.2) is 48.5 Å². The Morgan fingerprint density at radius 2 is 1.65 bits per heavy atom. The number of likely N-dealkylation sites (N-methyl/N-ethyl adjacent to an activating group) is 1. The van der Waals surface area contributed by atoms with Gasteiger partial charge in [0.15, 0.2) is 6.61 Å². The number of halogens is 1. The zero-order valence-electron chi connectivity index (χ0n) is 15.6. The molecule has 1 amide bonds. The Bertz CT molecular complexity index is 779. The Labute approximate surface area is 153 Å². The van der Waals surface area contributed by atoms with Crippen molar-refractivity contribution in [3.63, 3.8) is 0 Å². The number of amides is 1. The first kappa shape index (κ1) is 19.6. The van der Waals surface area contributed by atoms with Crippen LogP contribution in [0.1, 0.15) is 42.3 Å². The van der Waals surface area contributed by atoms with E-state index in [0.717, 1.165) is 5.56 Å². The van der Waals surface area contributed by atoms with Crippen molar-refractivity contribution < 1.29 is 18.7 Å². The molecular weight excluding hydrogens is 333 g/mol. The number of rotatable bonds is 5. The van der Waals surface area contributed by atoms with E-state index in [2.05, 4.69) is 20.8 Å². The minimum atomic E-state index is -0.557. The van der Waals surface area contributed by atoms with Gasteiger partial charge < -0.3 is 9.64 Å². The molecule has 0 aromatic heterocycles. The van der Waals surface area contributed by atoms with Crippen molar-refractivity contribution in [3.05, 3.63) is 71.0 Å². The summed E-state index contributed by atoms with van der Waals surface area (Å²) in [6, 6.07) is 13.4. The third-order valence-electron chi connectivity index (χ3n) is 4.10. The van der Waals surface area contributed by atoms with Gasteiger partial charge in [0, 0.05) is 19.2 Å². The minimum Gasteiger partial charge on any atom is -0.452 e. The van der Waals surface area contributed by atoms with Crippen LogP contribution in [-0.2, 0) is 21.5 Å². The first-order valence-electron chi connectivity index (χ1n) is 8.43. The van der Waals surface area contributed by atoms with Crippen LogP contribution in [0.5, 0.6) is 0 Å². The smallest absolute Gasteiger partial charge is 0.338 e. The van der Waals surface area contributed by atoms with Crippen molar-refractivity contribution in [3.8, 4) is 0 Å². The number of ether oxygens (including phenoxy) is 1. The quantitative estimate of drug-likeness (QED) is 0.762. The summed E-state index contributed by atoms with van der Waals surface area (Å²) in [6.45, 7) is 5.99. The molecule has 0 N–H and O–H groups in total. The fourth-order valence-corrected chi connectivity index (χ4v) is 2.40.